The summed E-state index contributed by atoms with van der Waals surface area (Å²) in [6.07, 6.45) is 9.71. The molecule has 2 bridgehead atoms. The number of rotatable bonds is 6. The maximum atomic E-state index is 11.8. The molecule has 156 valence electrons. The molecule has 1 N–H and O–H groups in total. The summed E-state index contributed by atoms with van der Waals surface area (Å²) in [4.78, 5) is 14.3. The zero-order chi connectivity index (χ0) is 19.5. The molecule has 1 aromatic rings. The summed E-state index contributed by atoms with van der Waals surface area (Å²) in [6.45, 7) is 5.43. The minimum absolute atomic E-state index is 0.273. The van der Waals surface area contributed by atoms with Gasteiger partial charge >= 0.3 is 6.09 Å². The van der Waals surface area contributed by atoms with Crippen molar-refractivity contribution >= 4 is 6.09 Å². The normalized spacial score (nSPS) is 30.4. The first-order valence-corrected chi connectivity index (χ1v) is 11.3. The minimum Gasteiger partial charge on any atom is -0.448 e. The van der Waals surface area contributed by atoms with Gasteiger partial charge in [0.15, 0.2) is 0 Å². The lowest BCUT2D eigenvalue weighted by Gasteiger charge is -2.49. The van der Waals surface area contributed by atoms with Crippen LogP contribution in [0.2, 0.25) is 0 Å². The van der Waals surface area contributed by atoms with Crippen molar-refractivity contribution in [1.29, 1.82) is 0 Å². The molecule has 1 saturated carbocycles. The van der Waals surface area contributed by atoms with Gasteiger partial charge in [-0.15, -0.1) is 0 Å². The number of amides is 1. The molecule has 1 amide bonds. The Morgan fingerprint density at radius 1 is 1.29 bits per heavy atom. The van der Waals surface area contributed by atoms with Crippen LogP contribution in [-0.4, -0.2) is 53.1 Å². The van der Waals surface area contributed by atoms with Gasteiger partial charge < -0.3 is 10.1 Å². The van der Waals surface area contributed by atoms with Crippen LogP contribution in [0.25, 0.3) is 0 Å². The van der Waals surface area contributed by atoms with E-state index in [-0.39, 0.29) is 6.09 Å². The Morgan fingerprint density at radius 3 is 2.82 bits per heavy atom. The van der Waals surface area contributed by atoms with Crippen molar-refractivity contribution in [3.8, 4) is 0 Å². The van der Waals surface area contributed by atoms with Crippen molar-refractivity contribution in [2.45, 2.75) is 76.2 Å². The Labute approximate surface area is 169 Å². The molecule has 4 atom stereocenters. The topological polar surface area (TPSA) is 59.4 Å². The van der Waals surface area contributed by atoms with Crippen LogP contribution in [0.3, 0.4) is 0 Å². The summed E-state index contributed by atoms with van der Waals surface area (Å²) in [7, 11) is 2.12. The third kappa shape index (κ3) is 4.22. The first-order valence-electron chi connectivity index (χ1n) is 11.3. The number of aromatic nitrogens is 2. The fraction of sp³-hybridized carbons (Fsp3) is 0.818. The Kier molecular flexibility index (Phi) is 6.24. The molecular weight excluding hydrogens is 352 g/mol. The molecule has 6 nitrogen and oxygen atoms in total. The highest BCUT2D eigenvalue weighted by Crippen LogP contribution is 2.43. The number of ether oxygens (including phenoxy) is 1. The van der Waals surface area contributed by atoms with E-state index in [0.717, 1.165) is 25.9 Å². The molecule has 28 heavy (non-hydrogen) atoms. The number of carbonyl (C=O) groups excluding carboxylic acids is 1. The average Bonchev–Trinajstić information content (AvgIpc) is 3.13. The van der Waals surface area contributed by atoms with E-state index in [1.807, 2.05) is 6.92 Å². The molecule has 4 fully saturated rings. The highest BCUT2D eigenvalue weighted by atomic mass is 16.5. The van der Waals surface area contributed by atoms with Crippen LogP contribution in [0.1, 0.15) is 81.5 Å². The van der Waals surface area contributed by atoms with E-state index in [1.54, 1.807) is 0 Å². The Balaban J connectivity index is 1.37. The summed E-state index contributed by atoms with van der Waals surface area (Å²) in [6, 6.07) is 2.78. The lowest BCUT2D eigenvalue weighted by molar-refractivity contribution is -0.00415. The quantitative estimate of drug-likeness (QED) is 0.806. The maximum Gasteiger partial charge on any atom is 0.407 e. The molecule has 4 aliphatic rings. The van der Waals surface area contributed by atoms with Gasteiger partial charge in [0.25, 0.3) is 0 Å². The summed E-state index contributed by atoms with van der Waals surface area (Å²) < 4.78 is 7.63. The molecule has 4 unspecified atom stereocenters. The molecule has 3 saturated heterocycles. The van der Waals surface area contributed by atoms with Crippen LogP contribution in [0.15, 0.2) is 6.07 Å². The molecule has 6 heteroatoms. The van der Waals surface area contributed by atoms with Gasteiger partial charge in [-0.25, -0.2) is 4.79 Å². The first-order chi connectivity index (χ1) is 13.7. The lowest BCUT2D eigenvalue weighted by Crippen LogP contribution is -2.54. The van der Waals surface area contributed by atoms with Crippen LogP contribution < -0.4 is 5.32 Å². The molecule has 4 heterocycles. The number of aryl methyl sites for hydroxylation is 1. The SMILES string of the molecule is CCCNC(=O)OCC1CC2CCN1CC2c1cc(C2CCCCC2)nn1C. The largest absolute Gasteiger partial charge is 0.448 e. The van der Waals surface area contributed by atoms with Crippen molar-refractivity contribution in [2.75, 3.05) is 26.2 Å². The van der Waals surface area contributed by atoms with Crippen molar-refractivity contribution < 1.29 is 9.53 Å². The number of fused-ring (bicyclic) bond motifs is 3. The summed E-state index contributed by atoms with van der Waals surface area (Å²) >= 11 is 0. The number of hydrogen-bond donors (Lipinski definition) is 1. The van der Waals surface area contributed by atoms with Crippen LogP contribution in [-0.2, 0) is 11.8 Å². The fourth-order valence-electron chi connectivity index (χ4n) is 5.55. The zero-order valence-corrected chi connectivity index (χ0v) is 17.5. The van der Waals surface area contributed by atoms with Crippen LogP contribution >= 0.6 is 0 Å². The van der Waals surface area contributed by atoms with E-state index in [9.17, 15) is 4.79 Å². The summed E-state index contributed by atoms with van der Waals surface area (Å²) in [5, 5.41) is 7.72. The molecule has 1 aliphatic carbocycles. The molecule has 0 radical (unpaired) electrons. The highest BCUT2D eigenvalue weighted by molar-refractivity contribution is 5.67. The Morgan fingerprint density at radius 2 is 2.11 bits per heavy atom. The van der Waals surface area contributed by atoms with Crippen molar-refractivity contribution in [3.05, 3.63) is 17.5 Å². The monoisotopic (exact) mass is 388 g/mol. The molecule has 3 aliphatic heterocycles. The number of nitrogens with one attached hydrogen (secondary N) is 1. The van der Waals surface area contributed by atoms with E-state index in [1.165, 1.54) is 49.9 Å². The average molecular weight is 389 g/mol. The predicted octanol–water partition coefficient (Wildman–Crippen LogP) is 3.78. The molecule has 0 aromatic carbocycles. The number of piperidine rings is 3. The Hall–Kier alpha value is -1.56. The van der Waals surface area contributed by atoms with Crippen molar-refractivity contribution in [2.24, 2.45) is 13.0 Å². The molecule has 5 rings (SSSR count). The second-order valence-corrected chi connectivity index (χ2v) is 9.02. The van der Waals surface area contributed by atoms with E-state index in [0.29, 0.717) is 36.9 Å². The van der Waals surface area contributed by atoms with Crippen molar-refractivity contribution in [3.63, 3.8) is 0 Å². The van der Waals surface area contributed by atoms with Crippen molar-refractivity contribution in [1.82, 2.24) is 20.0 Å². The van der Waals surface area contributed by atoms with E-state index in [4.69, 9.17) is 9.84 Å². The third-order valence-electron chi connectivity index (χ3n) is 7.14. The highest BCUT2D eigenvalue weighted by Gasteiger charge is 2.42. The van der Waals surface area contributed by atoms with Gasteiger partial charge in [0, 0.05) is 43.7 Å². The second kappa shape index (κ2) is 8.85. The zero-order valence-electron chi connectivity index (χ0n) is 17.5. The number of alkyl carbamates (subject to hydrolysis) is 1. The van der Waals surface area contributed by atoms with E-state index in [2.05, 4.69) is 28.0 Å². The van der Waals surface area contributed by atoms with E-state index < -0.39 is 0 Å². The third-order valence-corrected chi connectivity index (χ3v) is 7.14. The van der Waals surface area contributed by atoms with Gasteiger partial charge in [-0.05, 0) is 50.6 Å². The molecule has 0 spiro atoms. The minimum atomic E-state index is -0.273. The smallest absolute Gasteiger partial charge is 0.407 e. The standard InChI is InChI=1S/C22H36N4O2/c1-3-10-23-22(27)28-15-18-12-17-9-11-26(18)14-19(17)21-13-20(24-25(21)2)16-7-5-4-6-8-16/h13,16-19H,3-12,14-15H2,1-2H3,(H,23,27). The predicted molar refractivity (Wildman–Crippen MR) is 110 cm³/mol. The first kappa shape index (κ1) is 19.7. The van der Waals surface area contributed by atoms with Gasteiger partial charge in [-0.2, -0.15) is 5.10 Å². The number of carbonyl (C=O) groups is 1. The second-order valence-electron chi connectivity index (χ2n) is 9.02. The van der Waals surface area contributed by atoms with Gasteiger partial charge in [0.05, 0.1) is 5.69 Å². The lowest BCUT2D eigenvalue weighted by atomic mass is 9.74. The van der Waals surface area contributed by atoms with Gasteiger partial charge in [0.1, 0.15) is 6.61 Å². The summed E-state index contributed by atoms with van der Waals surface area (Å²) in [5.41, 5.74) is 2.73. The van der Waals surface area contributed by atoms with Gasteiger partial charge in [-0.1, -0.05) is 26.2 Å². The van der Waals surface area contributed by atoms with Gasteiger partial charge in [0.2, 0.25) is 0 Å². The summed E-state index contributed by atoms with van der Waals surface area (Å²) in [5.74, 6) is 1.90. The number of hydrogen-bond acceptors (Lipinski definition) is 4. The number of nitrogens with zero attached hydrogens (tertiary/aromatic N) is 3. The van der Waals surface area contributed by atoms with Gasteiger partial charge in [-0.3, -0.25) is 9.58 Å². The van der Waals surface area contributed by atoms with Crippen LogP contribution in [0, 0.1) is 5.92 Å². The Bertz CT molecular complexity index is 667. The molecular formula is C22H36N4O2. The maximum absolute atomic E-state index is 11.8. The fourth-order valence-corrected chi connectivity index (χ4v) is 5.55. The van der Waals surface area contributed by atoms with Crippen LogP contribution in [0.4, 0.5) is 4.79 Å². The van der Waals surface area contributed by atoms with Crippen LogP contribution in [0.5, 0.6) is 0 Å². The van der Waals surface area contributed by atoms with E-state index >= 15 is 0 Å². The molecule has 1 aromatic heterocycles.